The fourth-order valence-electron chi connectivity index (χ4n) is 1.00. The van der Waals surface area contributed by atoms with Gasteiger partial charge in [0.25, 0.3) is 0 Å². The van der Waals surface area contributed by atoms with Crippen LogP contribution in [-0.2, 0) is 4.79 Å². The molecule has 0 aliphatic heterocycles. The molecular formula is C11H12O2. The number of ether oxygens (including phenoxy) is 1. The Morgan fingerprint density at radius 1 is 1.46 bits per heavy atom. The highest BCUT2D eigenvalue weighted by Crippen LogP contribution is 2.13. The van der Waals surface area contributed by atoms with Crippen LogP contribution in [-0.4, -0.2) is 13.4 Å². The number of allylic oxidation sites excluding steroid dienone is 1. The first-order valence-electron chi connectivity index (χ1n) is 4.11. The van der Waals surface area contributed by atoms with Crippen molar-refractivity contribution < 1.29 is 9.53 Å². The molecule has 0 fully saturated rings. The number of rotatable bonds is 4. The minimum atomic E-state index is 0.456. The number of benzene rings is 1. The molecule has 0 spiro atoms. The van der Waals surface area contributed by atoms with Gasteiger partial charge in [-0.2, -0.15) is 0 Å². The van der Waals surface area contributed by atoms with Gasteiger partial charge in [0.2, 0.25) is 0 Å². The van der Waals surface area contributed by atoms with Crippen LogP contribution < -0.4 is 4.74 Å². The number of aldehydes is 1. The molecule has 0 aromatic heterocycles. The van der Waals surface area contributed by atoms with E-state index in [9.17, 15) is 4.79 Å². The summed E-state index contributed by atoms with van der Waals surface area (Å²) in [4.78, 5) is 10.0. The predicted octanol–water partition coefficient (Wildman–Crippen LogP) is 2.30. The maximum Gasteiger partial charge on any atom is 0.123 e. The quantitative estimate of drug-likeness (QED) is 0.658. The molecule has 68 valence electrons. The molecule has 0 heterocycles. The summed E-state index contributed by atoms with van der Waals surface area (Å²) in [6.07, 6.45) is 5.05. The summed E-state index contributed by atoms with van der Waals surface area (Å²) in [5.74, 6) is 0.827. The van der Waals surface area contributed by atoms with Gasteiger partial charge < -0.3 is 9.53 Å². The van der Waals surface area contributed by atoms with Crippen LogP contribution in [0.15, 0.2) is 30.3 Å². The molecule has 1 aromatic carbocycles. The smallest absolute Gasteiger partial charge is 0.123 e. The van der Waals surface area contributed by atoms with E-state index in [1.807, 2.05) is 36.4 Å². The van der Waals surface area contributed by atoms with Crippen molar-refractivity contribution in [2.24, 2.45) is 0 Å². The number of methoxy groups -OCH3 is 1. The lowest BCUT2D eigenvalue weighted by atomic mass is 10.2. The lowest BCUT2D eigenvalue weighted by Crippen LogP contribution is -1.82. The zero-order valence-electron chi connectivity index (χ0n) is 7.57. The largest absolute Gasteiger partial charge is 0.497 e. The molecule has 0 aliphatic rings. The van der Waals surface area contributed by atoms with E-state index < -0.39 is 0 Å². The molecule has 2 heteroatoms. The fraction of sp³-hybridized carbons (Fsp3) is 0.182. The van der Waals surface area contributed by atoms with Crippen LogP contribution in [0.2, 0.25) is 0 Å². The van der Waals surface area contributed by atoms with Crippen LogP contribution in [0.25, 0.3) is 6.08 Å². The first-order chi connectivity index (χ1) is 6.36. The molecule has 2 nitrogen and oxygen atoms in total. The third-order valence-electron chi connectivity index (χ3n) is 1.64. The number of carbonyl (C=O) groups is 1. The van der Waals surface area contributed by atoms with Gasteiger partial charge >= 0.3 is 0 Å². The summed E-state index contributed by atoms with van der Waals surface area (Å²) >= 11 is 0. The van der Waals surface area contributed by atoms with E-state index in [1.165, 1.54) is 0 Å². The van der Waals surface area contributed by atoms with Crippen molar-refractivity contribution in [1.29, 1.82) is 0 Å². The molecule has 0 atom stereocenters. The Labute approximate surface area is 77.8 Å². The van der Waals surface area contributed by atoms with E-state index in [4.69, 9.17) is 4.74 Å². The minimum Gasteiger partial charge on any atom is -0.497 e. The average molecular weight is 176 g/mol. The number of hydrogen-bond donors (Lipinski definition) is 0. The molecule has 0 saturated heterocycles. The van der Waals surface area contributed by atoms with Crippen LogP contribution in [0.1, 0.15) is 12.0 Å². The van der Waals surface area contributed by atoms with Gasteiger partial charge in [0.05, 0.1) is 7.11 Å². The summed E-state index contributed by atoms with van der Waals surface area (Å²) in [5, 5.41) is 0. The van der Waals surface area contributed by atoms with Crippen LogP contribution in [0.5, 0.6) is 5.75 Å². The minimum absolute atomic E-state index is 0.456. The summed E-state index contributed by atoms with van der Waals surface area (Å²) in [7, 11) is 1.63. The molecule has 0 radical (unpaired) electrons. The highest BCUT2D eigenvalue weighted by molar-refractivity contribution is 5.58. The van der Waals surface area contributed by atoms with Crippen molar-refractivity contribution in [3.63, 3.8) is 0 Å². The van der Waals surface area contributed by atoms with Crippen molar-refractivity contribution in [2.75, 3.05) is 7.11 Å². The zero-order chi connectivity index (χ0) is 9.52. The molecule has 13 heavy (non-hydrogen) atoms. The molecule has 0 bridgehead atoms. The van der Waals surface area contributed by atoms with E-state index in [0.29, 0.717) is 6.42 Å². The Morgan fingerprint density at radius 3 is 3.00 bits per heavy atom. The standard InChI is InChI=1S/C11H12O2/c1-13-11-7-4-6-10(9-11)5-2-3-8-12/h2,4-9H,3H2,1H3/b5-2+. The third kappa shape index (κ3) is 3.11. The van der Waals surface area contributed by atoms with E-state index in [2.05, 4.69) is 0 Å². The van der Waals surface area contributed by atoms with Gasteiger partial charge in [-0.3, -0.25) is 0 Å². The van der Waals surface area contributed by atoms with Gasteiger partial charge in [-0.1, -0.05) is 24.3 Å². The fourth-order valence-corrected chi connectivity index (χ4v) is 1.00. The summed E-state index contributed by atoms with van der Waals surface area (Å²) in [5.41, 5.74) is 1.04. The zero-order valence-corrected chi connectivity index (χ0v) is 7.57. The average Bonchev–Trinajstić information content (AvgIpc) is 2.19. The highest BCUT2D eigenvalue weighted by atomic mass is 16.5. The van der Waals surface area contributed by atoms with E-state index in [-0.39, 0.29) is 0 Å². The molecule has 0 unspecified atom stereocenters. The highest BCUT2D eigenvalue weighted by Gasteiger charge is 1.90. The second-order valence-electron chi connectivity index (χ2n) is 2.58. The Balaban J connectivity index is 2.71. The predicted molar refractivity (Wildman–Crippen MR) is 52.7 cm³/mol. The Morgan fingerprint density at radius 2 is 2.31 bits per heavy atom. The summed E-state index contributed by atoms with van der Waals surface area (Å²) in [6.45, 7) is 0. The van der Waals surface area contributed by atoms with Gasteiger partial charge in [0, 0.05) is 6.42 Å². The second kappa shape index (κ2) is 5.14. The van der Waals surface area contributed by atoms with Crippen LogP contribution in [0.3, 0.4) is 0 Å². The monoisotopic (exact) mass is 176 g/mol. The van der Waals surface area contributed by atoms with Crippen molar-refractivity contribution in [3.05, 3.63) is 35.9 Å². The second-order valence-corrected chi connectivity index (χ2v) is 2.58. The summed E-state index contributed by atoms with van der Waals surface area (Å²) in [6, 6.07) is 7.68. The van der Waals surface area contributed by atoms with Gasteiger partial charge in [-0.15, -0.1) is 0 Å². The number of hydrogen-bond acceptors (Lipinski definition) is 2. The van der Waals surface area contributed by atoms with Gasteiger partial charge in [0.1, 0.15) is 12.0 Å². The number of carbonyl (C=O) groups excluding carboxylic acids is 1. The maximum atomic E-state index is 10.0. The SMILES string of the molecule is COc1cccc(/C=C/CC=O)c1. The molecule has 1 aromatic rings. The topological polar surface area (TPSA) is 26.3 Å². The lowest BCUT2D eigenvalue weighted by molar-refractivity contribution is -0.107. The molecule has 0 saturated carbocycles. The molecular weight excluding hydrogens is 164 g/mol. The van der Waals surface area contributed by atoms with Crippen LogP contribution in [0.4, 0.5) is 0 Å². The molecule has 0 aliphatic carbocycles. The van der Waals surface area contributed by atoms with Crippen molar-refractivity contribution >= 4 is 12.4 Å². The van der Waals surface area contributed by atoms with E-state index in [0.717, 1.165) is 17.6 Å². The van der Waals surface area contributed by atoms with Crippen LogP contribution in [0, 0.1) is 0 Å². The van der Waals surface area contributed by atoms with E-state index >= 15 is 0 Å². The molecule has 0 N–H and O–H groups in total. The first kappa shape index (κ1) is 9.52. The molecule has 0 amide bonds. The summed E-state index contributed by atoms with van der Waals surface area (Å²) < 4.78 is 5.06. The Hall–Kier alpha value is -1.57. The lowest BCUT2D eigenvalue weighted by Gasteiger charge is -1.99. The maximum absolute atomic E-state index is 10.0. The third-order valence-corrected chi connectivity index (χ3v) is 1.64. The van der Waals surface area contributed by atoms with Crippen LogP contribution >= 0.6 is 0 Å². The van der Waals surface area contributed by atoms with Gasteiger partial charge in [0.15, 0.2) is 0 Å². The normalized spacial score (nSPS) is 10.2. The van der Waals surface area contributed by atoms with Crippen molar-refractivity contribution in [1.82, 2.24) is 0 Å². The van der Waals surface area contributed by atoms with E-state index in [1.54, 1.807) is 7.11 Å². The molecule has 1 rings (SSSR count). The Kier molecular flexibility index (Phi) is 3.76. The first-order valence-corrected chi connectivity index (χ1v) is 4.11. The Bertz CT molecular complexity index is 303. The van der Waals surface area contributed by atoms with Gasteiger partial charge in [-0.05, 0) is 17.7 Å². The van der Waals surface area contributed by atoms with Gasteiger partial charge in [-0.25, -0.2) is 0 Å². The van der Waals surface area contributed by atoms with Crippen molar-refractivity contribution in [2.45, 2.75) is 6.42 Å². The van der Waals surface area contributed by atoms with Crippen molar-refractivity contribution in [3.8, 4) is 5.75 Å².